The first kappa shape index (κ1) is 31.4. The predicted molar refractivity (Wildman–Crippen MR) is 167 cm³/mol. The number of rotatable bonds is 10. The Balaban J connectivity index is 1.53. The maximum atomic E-state index is 12.1. The van der Waals surface area contributed by atoms with E-state index in [9.17, 15) is 5.11 Å². The van der Waals surface area contributed by atoms with Crippen LogP contribution in [0.2, 0.25) is 36.3 Å². The molecule has 0 radical (unpaired) electrons. The highest BCUT2D eigenvalue weighted by Gasteiger charge is 2.70. The minimum atomic E-state index is -1.88. The SMILES string of the molecule is CC[Si](CC)(CC)O[C@H]1CC[C@@]2(C)C(=C[C@H](O)[C@@H]3[C@@H]2[C@@H](O[Si](CC)(CC)CC)C[C@@]2(C)[C@H]3CCC23OCCO3)C1. The quantitative estimate of drug-likeness (QED) is 0.205. The maximum absolute atomic E-state index is 12.1. The summed E-state index contributed by atoms with van der Waals surface area (Å²) in [4.78, 5) is 0. The van der Waals surface area contributed by atoms with Gasteiger partial charge in [-0.3, -0.25) is 0 Å². The Kier molecular flexibility index (Phi) is 9.01. The van der Waals surface area contributed by atoms with Gasteiger partial charge in [-0.2, -0.15) is 0 Å². The minimum Gasteiger partial charge on any atom is -0.414 e. The van der Waals surface area contributed by atoms with E-state index in [4.69, 9.17) is 18.3 Å². The largest absolute Gasteiger partial charge is 0.414 e. The molecular weight excluding hydrogens is 533 g/mol. The van der Waals surface area contributed by atoms with Crippen LogP contribution in [0.15, 0.2) is 11.6 Å². The van der Waals surface area contributed by atoms with E-state index < -0.39 is 28.5 Å². The fraction of sp³-hybridized carbons (Fsp3) is 0.939. The molecule has 0 aromatic carbocycles. The normalized spacial score (nSPS) is 41.0. The molecule has 0 aromatic heterocycles. The Labute approximate surface area is 247 Å². The molecule has 8 atom stereocenters. The second-order valence-corrected chi connectivity index (χ2v) is 24.0. The van der Waals surface area contributed by atoms with Crippen molar-refractivity contribution in [3.8, 4) is 0 Å². The molecular formula is C33H60O5Si2. The van der Waals surface area contributed by atoms with Crippen molar-refractivity contribution in [3.63, 3.8) is 0 Å². The molecule has 1 N–H and O–H groups in total. The third-order valence-electron chi connectivity index (χ3n) is 13.5. The molecule has 1 spiro atoms. The topological polar surface area (TPSA) is 57.2 Å². The Morgan fingerprint density at radius 3 is 2.00 bits per heavy atom. The van der Waals surface area contributed by atoms with Crippen molar-refractivity contribution in [2.24, 2.45) is 28.6 Å². The van der Waals surface area contributed by atoms with Crippen LogP contribution in [0, 0.1) is 28.6 Å². The van der Waals surface area contributed by atoms with Crippen molar-refractivity contribution >= 4 is 16.6 Å². The first-order chi connectivity index (χ1) is 19.0. The van der Waals surface area contributed by atoms with Crippen molar-refractivity contribution in [2.75, 3.05) is 13.2 Å². The van der Waals surface area contributed by atoms with E-state index in [0.717, 1.165) is 56.7 Å². The molecule has 5 rings (SSSR count). The number of aliphatic hydroxyl groups excluding tert-OH is 1. The number of fused-ring (bicyclic) bond motifs is 6. The van der Waals surface area contributed by atoms with Gasteiger partial charge in [0, 0.05) is 24.0 Å². The summed E-state index contributed by atoms with van der Waals surface area (Å²) in [6, 6.07) is 7.05. The molecule has 4 aliphatic carbocycles. The smallest absolute Gasteiger partial charge is 0.192 e. The van der Waals surface area contributed by atoms with Gasteiger partial charge in [-0.05, 0) is 91.5 Å². The van der Waals surface area contributed by atoms with Gasteiger partial charge in [-0.1, -0.05) is 67.0 Å². The van der Waals surface area contributed by atoms with Crippen molar-refractivity contribution < 1.29 is 23.4 Å². The van der Waals surface area contributed by atoms with Gasteiger partial charge in [0.15, 0.2) is 22.4 Å². The number of ether oxygens (including phenoxy) is 2. The van der Waals surface area contributed by atoms with Gasteiger partial charge >= 0.3 is 0 Å². The first-order valence-corrected chi connectivity index (χ1v) is 22.1. The van der Waals surface area contributed by atoms with Gasteiger partial charge in [0.05, 0.1) is 19.3 Å². The molecule has 4 fully saturated rings. The lowest BCUT2D eigenvalue weighted by Gasteiger charge is -2.63. The van der Waals surface area contributed by atoms with Crippen molar-refractivity contribution in [2.45, 2.75) is 154 Å². The molecule has 5 nitrogen and oxygen atoms in total. The summed E-state index contributed by atoms with van der Waals surface area (Å²) < 4.78 is 27.6. The van der Waals surface area contributed by atoms with Crippen molar-refractivity contribution in [1.29, 1.82) is 0 Å². The summed E-state index contributed by atoms with van der Waals surface area (Å²) >= 11 is 0. The summed E-state index contributed by atoms with van der Waals surface area (Å²) in [5, 5.41) is 12.1. The van der Waals surface area contributed by atoms with Crippen molar-refractivity contribution in [1.82, 2.24) is 0 Å². The molecule has 7 heteroatoms. The molecule has 1 saturated heterocycles. The van der Waals surface area contributed by atoms with Gasteiger partial charge in [-0.25, -0.2) is 0 Å². The highest BCUT2D eigenvalue weighted by molar-refractivity contribution is 6.74. The van der Waals surface area contributed by atoms with Crippen LogP contribution >= 0.6 is 0 Å². The van der Waals surface area contributed by atoms with Crippen molar-refractivity contribution in [3.05, 3.63) is 11.6 Å². The Hall–Kier alpha value is -0.0262. The number of aliphatic hydroxyl groups is 1. The predicted octanol–water partition coefficient (Wildman–Crippen LogP) is 8.05. The van der Waals surface area contributed by atoms with E-state index in [2.05, 4.69) is 61.5 Å². The summed E-state index contributed by atoms with van der Waals surface area (Å²) in [5.74, 6) is 0.397. The van der Waals surface area contributed by atoms with Crippen LogP contribution in [0.3, 0.4) is 0 Å². The Morgan fingerprint density at radius 1 is 0.850 bits per heavy atom. The van der Waals surface area contributed by atoms with Crippen LogP contribution in [0.1, 0.15) is 93.9 Å². The van der Waals surface area contributed by atoms with Gasteiger partial charge in [0.2, 0.25) is 0 Å². The van der Waals surface area contributed by atoms with Crippen LogP contribution in [-0.4, -0.2) is 59.1 Å². The molecule has 0 aromatic rings. The monoisotopic (exact) mass is 592 g/mol. The third kappa shape index (κ3) is 4.71. The summed E-state index contributed by atoms with van der Waals surface area (Å²) in [5.41, 5.74) is 1.37. The van der Waals surface area contributed by atoms with Gasteiger partial charge in [0.1, 0.15) is 0 Å². The lowest BCUT2D eigenvalue weighted by molar-refractivity contribution is -0.259. The molecule has 3 saturated carbocycles. The Bertz CT molecular complexity index is 909. The molecule has 1 heterocycles. The number of hydrogen-bond donors (Lipinski definition) is 1. The second-order valence-electron chi connectivity index (χ2n) is 14.5. The zero-order chi connectivity index (χ0) is 29.0. The van der Waals surface area contributed by atoms with Gasteiger partial charge in [-0.15, -0.1) is 0 Å². The summed E-state index contributed by atoms with van der Waals surface area (Å²) in [6.45, 7) is 20.4. The average Bonchev–Trinajstić information content (AvgIpc) is 3.56. The molecule has 5 aliphatic rings. The van der Waals surface area contributed by atoms with Gasteiger partial charge < -0.3 is 23.4 Å². The highest BCUT2D eigenvalue weighted by Crippen LogP contribution is 2.69. The molecule has 230 valence electrons. The molecule has 40 heavy (non-hydrogen) atoms. The van der Waals surface area contributed by atoms with Crippen LogP contribution in [0.4, 0.5) is 0 Å². The van der Waals surface area contributed by atoms with E-state index >= 15 is 0 Å². The van der Waals surface area contributed by atoms with E-state index in [0.29, 0.717) is 31.2 Å². The van der Waals surface area contributed by atoms with E-state index in [1.165, 1.54) is 23.7 Å². The third-order valence-corrected chi connectivity index (χ3v) is 22.9. The second kappa shape index (κ2) is 11.5. The fourth-order valence-electron chi connectivity index (χ4n) is 10.5. The molecule has 0 amide bonds. The maximum Gasteiger partial charge on any atom is 0.192 e. The minimum absolute atomic E-state index is 0.0487. The Morgan fingerprint density at radius 2 is 1.43 bits per heavy atom. The lowest BCUT2D eigenvalue weighted by Crippen LogP contribution is -2.64. The standard InChI is InChI=1S/C33H60O5Si2/c1-9-39(10-2,11-3)37-25-15-17-31(7)24(21-25)22-27(34)29-26-16-18-33(35-19-20-36-33)32(26,8)23-28(30(29)31)38-40(12-4,13-5)14-6/h22,25-30,34H,9-21,23H2,1-8H3/t25-,26-,27-,28-,29+,30-,31-,32-/m0/s1. The molecule has 1 aliphatic heterocycles. The molecule has 0 unspecified atom stereocenters. The van der Waals surface area contributed by atoms with Gasteiger partial charge in [0.25, 0.3) is 0 Å². The van der Waals surface area contributed by atoms with Crippen LogP contribution in [0.25, 0.3) is 0 Å². The molecule has 0 bridgehead atoms. The first-order valence-electron chi connectivity index (χ1n) is 17.1. The van der Waals surface area contributed by atoms with E-state index in [-0.39, 0.29) is 22.9 Å². The average molecular weight is 593 g/mol. The van der Waals surface area contributed by atoms with E-state index in [1.807, 2.05) is 0 Å². The summed E-state index contributed by atoms with van der Waals surface area (Å²) in [7, 11) is -3.56. The lowest BCUT2D eigenvalue weighted by atomic mass is 9.46. The zero-order valence-electron chi connectivity index (χ0n) is 27.0. The fourth-order valence-corrected chi connectivity index (χ4v) is 16.2. The highest BCUT2D eigenvalue weighted by atomic mass is 28.4. The van der Waals surface area contributed by atoms with E-state index in [1.54, 1.807) is 0 Å². The van der Waals surface area contributed by atoms with Crippen LogP contribution in [0.5, 0.6) is 0 Å². The van der Waals surface area contributed by atoms with Crippen LogP contribution < -0.4 is 0 Å². The number of hydrogen-bond acceptors (Lipinski definition) is 5. The van der Waals surface area contributed by atoms with Crippen LogP contribution in [-0.2, 0) is 18.3 Å². The zero-order valence-corrected chi connectivity index (χ0v) is 29.0. The summed E-state index contributed by atoms with van der Waals surface area (Å²) in [6.07, 6.45) is 8.53.